The lowest BCUT2D eigenvalue weighted by atomic mass is 10.5. The van der Waals surface area contributed by atoms with E-state index in [4.69, 9.17) is 0 Å². The van der Waals surface area contributed by atoms with E-state index in [1.165, 1.54) is 19.2 Å². The molecule has 0 bridgehead atoms. The minimum Gasteiger partial charge on any atom is -0.307 e. The largest absolute Gasteiger partial charge is 0.307 e. The van der Waals surface area contributed by atoms with Gasteiger partial charge in [-0.1, -0.05) is 0 Å². The molecule has 1 heterocycles. The summed E-state index contributed by atoms with van der Waals surface area (Å²) in [6.07, 6.45) is 4.16. The maximum absolute atomic E-state index is 3.99. The predicted octanol–water partition coefficient (Wildman–Crippen LogP) is 0.0567. The molecule has 1 aromatic rings. The third kappa shape index (κ3) is 1.33. The van der Waals surface area contributed by atoms with Crippen molar-refractivity contribution in [2.24, 2.45) is 0 Å². The summed E-state index contributed by atoms with van der Waals surface area (Å²) in [7, 11) is 0. The molecule has 1 aliphatic rings. The molecule has 4 heteroatoms. The Bertz CT molecular complexity index is 190. The number of aromatic amines is 1. The van der Waals surface area contributed by atoms with Gasteiger partial charge in [-0.3, -0.25) is 5.10 Å². The molecule has 0 amide bonds. The maximum Gasteiger partial charge on any atom is 0.138 e. The Morgan fingerprint density at radius 2 is 2.60 bits per heavy atom. The van der Waals surface area contributed by atoms with Crippen LogP contribution in [0.15, 0.2) is 6.33 Å². The van der Waals surface area contributed by atoms with E-state index in [1.54, 1.807) is 0 Å². The summed E-state index contributed by atoms with van der Waals surface area (Å²) in [5.74, 6) is 0.923. The molecular formula is C6H10N4. The van der Waals surface area contributed by atoms with Gasteiger partial charge in [0.25, 0.3) is 0 Å². The van der Waals surface area contributed by atoms with E-state index in [-0.39, 0.29) is 0 Å². The topological polar surface area (TPSA) is 53.6 Å². The average Bonchev–Trinajstić information content (AvgIpc) is 2.63. The Kier molecular flexibility index (Phi) is 1.39. The Balaban J connectivity index is 1.79. The van der Waals surface area contributed by atoms with Gasteiger partial charge >= 0.3 is 0 Å². The molecular weight excluding hydrogens is 128 g/mol. The van der Waals surface area contributed by atoms with Crippen LogP contribution in [0.3, 0.4) is 0 Å². The van der Waals surface area contributed by atoms with Gasteiger partial charge in [0.15, 0.2) is 0 Å². The molecule has 54 valence electrons. The zero-order valence-corrected chi connectivity index (χ0v) is 5.67. The molecule has 0 unspecified atom stereocenters. The smallest absolute Gasteiger partial charge is 0.138 e. The molecule has 0 aliphatic heterocycles. The fourth-order valence-electron chi connectivity index (χ4n) is 0.844. The van der Waals surface area contributed by atoms with E-state index in [1.807, 2.05) is 0 Å². The van der Waals surface area contributed by atoms with Crippen molar-refractivity contribution in [3.05, 3.63) is 12.2 Å². The van der Waals surface area contributed by atoms with Crippen molar-refractivity contribution in [1.82, 2.24) is 20.5 Å². The summed E-state index contributed by atoms with van der Waals surface area (Å²) < 4.78 is 0. The number of hydrogen-bond acceptors (Lipinski definition) is 3. The summed E-state index contributed by atoms with van der Waals surface area (Å²) in [4.78, 5) is 3.99. The van der Waals surface area contributed by atoms with E-state index in [0.29, 0.717) is 0 Å². The van der Waals surface area contributed by atoms with Crippen molar-refractivity contribution in [3.8, 4) is 0 Å². The number of nitrogens with zero attached hydrogens (tertiary/aromatic N) is 2. The Morgan fingerprint density at radius 1 is 1.70 bits per heavy atom. The zero-order valence-electron chi connectivity index (χ0n) is 5.67. The Labute approximate surface area is 59.1 Å². The molecule has 1 saturated carbocycles. The highest BCUT2D eigenvalue weighted by atomic mass is 15.2. The van der Waals surface area contributed by atoms with Gasteiger partial charge in [-0.15, -0.1) is 0 Å². The Hall–Kier alpha value is -0.900. The SMILES string of the molecule is c1n[nH]c(CNC2CC2)n1. The van der Waals surface area contributed by atoms with Crippen molar-refractivity contribution in [2.45, 2.75) is 25.4 Å². The second-order valence-corrected chi connectivity index (χ2v) is 2.59. The minimum absolute atomic E-state index is 0.741. The van der Waals surface area contributed by atoms with Crippen molar-refractivity contribution >= 4 is 0 Å². The van der Waals surface area contributed by atoms with Crippen LogP contribution in [-0.2, 0) is 6.54 Å². The molecule has 4 nitrogen and oxygen atoms in total. The molecule has 10 heavy (non-hydrogen) atoms. The number of aromatic nitrogens is 3. The molecule has 0 atom stereocenters. The van der Waals surface area contributed by atoms with Crippen LogP contribution < -0.4 is 5.32 Å². The van der Waals surface area contributed by atoms with Crippen LogP contribution in [0, 0.1) is 0 Å². The van der Waals surface area contributed by atoms with Crippen molar-refractivity contribution in [2.75, 3.05) is 0 Å². The van der Waals surface area contributed by atoms with Crippen LogP contribution in [0.1, 0.15) is 18.7 Å². The second kappa shape index (κ2) is 2.38. The molecule has 0 spiro atoms. The summed E-state index contributed by atoms with van der Waals surface area (Å²) in [5, 5.41) is 9.87. The molecule has 1 aliphatic carbocycles. The molecule has 2 N–H and O–H groups in total. The lowest BCUT2D eigenvalue weighted by Crippen LogP contribution is -2.16. The first-order valence-electron chi connectivity index (χ1n) is 3.53. The van der Waals surface area contributed by atoms with Gasteiger partial charge in [-0.05, 0) is 12.8 Å². The maximum atomic E-state index is 3.99. The first-order valence-corrected chi connectivity index (χ1v) is 3.53. The number of hydrogen-bond donors (Lipinski definition) is 2. The number of H-pyrrole nitrogens is 1. The molecule has 1 aromatic heterocycles. The van der Waals surface area contributed by atoms with Gasteiger partial charge in [-0.25, -0.2) is 4.98 Å². The van der Waals surface area contributed by atoms with Crippen LogP contribution in [0.25, 0.3) is 0 Å². The molecule has 2 rings (SSSR count). The van der Waals surface area contributed by atoms with Gasteiger partial charge in [0.1, 0.15) is 12.2 Å². The van der Waals surface area contributed by atoms with Crippen LogP contribution in [-0.4, -0.2) is 21.2 Å². The summed E-state index contributed by atoms with van der Waals surface area (Å²) in [6.45, 7) is 0.824. The normalized spacial score (nSPS) is 17.6. The molecule has 0 saturated heterocycles. The van der Waals surface area contributed by atoms with Crippen molar-refractivity contribution in [1.29, 1.82) is 0 Å². The standard InChI is InChI=1S/C6H10N4/c1-2-5(1)7-3-6-8-4-9-10-6/h4-5,7H,1-3H2,(H,8,9,10). The van der Waals surface area contributed by atoms with Crippen LogP contribution in [0.4, 0.5) is 0 Å². The summed E-state index contributed by atoms with van der Waals surface area (Å²) in [5.41, 5.74) is 0. The van der Waals surface area contributed by atoms with E-state index >= 15 is 0 Å². The monoisotopic (exact) mass is 138 g/mol. The highest BCUT2D eigenvalue weighted by molar-refractivity contribution is 4.85. The third-order valence-electron chi connectivity index (χ3n) is 1.60. The fourth-order valence-corrected chi connectivity index (χ4v) is 0.844. The molecule has 1 fully saturated rings. The van der Waals surface area contributed by atoms with Crippen molar-refractivity contribution in [3.63, 3.8) is 0 Å². The van der Waals surface area contributed by atoms with Gasteiger partial charge in [-0.2, -0.15) is 5.10 Å². The average molecular weight is 138 g/mol. The van der Waals surface area contributed by atoms with Crippen molar-refractivity contribution < 1.29 is 0 Å². The van der Waals surface area contributed by atoms with Crippen LogP contribution in [0.2, 0.25) is 0 Å². The zero-order chi connectivity index (χ0) is 6.81. The molecule has 0 aromatic carbocycles. The number of nitrogens with one attached hydrogen (secondary N) is 2. The predicted molar refractivity (Wildman–Crippen MR) is 36.2 cm³/mol. The first-order chi connectivity index (χ1) is 4.95. The number of rotatable bonds is 3. The lowest BCUT2D eigenvalue weighted by molar-refractivity contribution is 0.660. The van der Waals surface area contributed by atoms with Crippen LogP contribution in [0.5, 0.6) is 0 Å². The Morgan fingerprint density at radius 3 is 3.20 bits per heavy atom. The van der Waals surface area contributed by atoms with E-state index in [0.717, 1.165) is 18.4 Å². The highest BCUT2D eigenvalue weighted by Gasteiger charge is 2.20. The molecule has 0 radical (unpaired) electrons. The first kappa shape index (κ1) is 5.85. The van der Waals surface area contributed by atoms with Crippen LogP contribution >= 0.6 is 0 Å². The minimum atomic E-state index is 0.741. The fraction of sp³-hybridized carbons (Fsp3) is 0.667. The van der Waals surface area contributed by atoms with E-state index < -0.39 is 0 Å². The van der Waals surface area contributed by atoms with Gasteiger partial charge in [0, 0.05) is 6.04 Å². The lowest BCUT2D eigenvalue weighted by Gasteiger charge is -1.95. The van der Waals surface area contributed by atoms with E-state index in [9.17, 15) is 0 Å². The third-order valence-corrected chi connectivity index (χ3v) is 1.60. The van der Waals surface area contributed by atoms with E-state index in [2.05, 4.69) is 20.5 Å². The highest BCUT2D eigenvalue weighted by Crippen LogP contribution is 2.18. The van der Waals surface area contributed by atoms with Gasteiger partial charge in [0.05, 0.1) is 6.54 Å². The second-order valence-electron chi connectivity index (χ2n) is 2.59. The summed E-state index contributed by atoms with van der Waals surface area (Å²) in [6, 6.07) is 0.741. The quantitative estimate of drug-likeness (QED) is 0.620. The summed E-state index contributed by atoms with van der Waals surface area (Å²) >= 11 is 0. The van der Waals surface area contributed by atoms with Gasteiger partial charge < -0.3 is 5.32 Å². The van der Waals surface area contributed by atoms with Gasteiger partial charge in [0.2, 0.25) is 0 Å².